The molecule has 2 aliphatic rings. The van der Waals surface area contributed by atoms with Crippen LogP contribution in [0, 0.1) is 12.8 Å². The molecular weight excluding hydrogens is 334 g/mol. The maximum Gasteiger partial charge on any atom is 0.229 e. The van der Waals surface area contributed by atoms with Gasteiger partial charge in [0.2, 0.25) is 5.95 Å². The summed E-state index contributed by atoms with van der Waals surface area (Å²) in [4.78, 5) is 14.2. The molecule has 0 amide bonds. The molecule has 2 aliphatic heterocycles. The van der Waals surface area contributed by atoms with E-state index in [-0.39, 0.29) is 0 Å². The van der Waals surface area contributed by atoms with Crippen LogP contribution in [0.15, 0.2) is 30.3 Å². The van der Waals surface area contributed by atoms with Gasteiger partial charge in [-0.3, -0.25) is 0 Å². The quantitative estimate of drug-likeness (QED) is 0.847. The van der Waals surface area contributed by atoms with Gasteiger partial charge in [0, 0.05) is 49.3 Å². The van der Waals surface area contributed by atoms with Gasteiger partial charge in [-0.1, -0.05) is 6.92 Å². The number of anilines is 4. The van der Waals surface area contributed by atoms with E-state index >= 15 is 0 Å². The fourth-order valence-electron chi connectivity index (χ4n) is 4.04. The van der Waals surface area contributed by atoms with Crippen LogP contribution >= 0.6 is 0 Å². The lowest BCUT2D eigenvalue weighted by Crippen LogP contribution is -2.33. The summed E-state index contributed by atoms with van der Waals surface area (Å²) in [6, 6.07) is 10.8. The summed E-state index contributed by atoms with van der Waals surface area (Å²) in [5.41, 5.74) is 3.36. The van der Waals surface area contributed by atoms with E-state index in [9.17, 15) is 0 Å². The molecule has 2 saturated heterocycles. The molecular formula is C22H31N5. The number of rotatable bonds is 4. The first-order chi connectivity index (χ1) is 13.2. The molecule has 0 aliphatic carbocycles. The zero-order chi connectivity index (χ0) is 18.6. The number of benzene rings is 1. The molecule has 1 aromatic carbocycles. The van der Waals surface area contributed by atoms with Crippen molar-refractivity contribution < 1.29 is 0 Å². The largest absolute Gasteiger partial charge is 0.372 e. The van der Waals surface area contributed by atoms with Gasteiger partial charge in [-0.2, -0.15) is 4.98 Å². The summed E-state index contributed by atoms with van der Waals surface area (Å²) >= 11 is 0. The maximum absolute atomic E-state index is 4.78. The molecule has 1 N–H and O–H groups in total. The number of aromatic nitrogens is 2. The Labute approximate surface area is 162 Å². The van der Waals surface area contributed by atoms with Crippen molar-refractivity contribution in [2.45, 2.75) is 46.0 Å². The molecule has 5 heteroatoms. The number of nitrogens with one attached hydrogen (secondary N) is 1. The van der Waals surface area contributed by atoms with Crippen LogP contribution in [-0.4, -0.2) is 36.1 Å². The summed E-state index contributed by atoms with van der Waals surface area (Å²) < 4.78 is 0. The van der Waals surface area contributed by atoms with Crippen LogP contribution in [0.1, 0.15) is 44.7 Å². The average Bonchev–Trinajstić information content (AvgIpc) is 2.69. The highest BCUT2D eigenvalue weighted by Crippen LogP contribution is 2.25. The molecule has 144 valence electrons. The predicted octanol–water partition coefficient (Wildman–Crippen LogP) is 4.76. The predicted molar refractivity (Wildman–Crippen MR) is 113 cm³/mol. The number of hydrogen-bond donors (Lipinski definition) is 1. The Bertz CT molecular complexity index is 744. The summed E-state index contributed by atoms with van der Waals surface area (Å²) in [6.07, 6.45) is 6.44. The monoisotopic (exact) mass is 365 g/mol. The van der Waals surface area contributed by atoms with Crippen LogP contribution < -0.4 is 15.1 Å². The third-order valence-electron chi connectivity index (χ3n) is 5.79. The summed E-state index contributed by atoms with van der Waals surface area (Å²) in [5, 5.41) is 3.40. The van der Waals surface area contributed by atoms with E-state index in [4.69, 9.17) is 4.98 Å². The van der Waals surface area contributed by atoms with Gasteiger partial charge in [0.25, 0.3) is 0 Å². The van der Waals surface area contributed by atoms with E-state index in [2.05, 4.69) is 57.4 Å². The van der Waals surface area contributed by atoms with Crippen molar-refractivity contribution >= 4 is 23.1 Å². The van der Waals surface area contributed by atoms with Crippen LogP contribution in [0.4, 0.5) is 23.1 Å². The van der Waals surface area contributed by atoms with Crippen molar-refractivity contribution in [3.8, 4) is 0 Å². The van der Waals surface area contributed by atoms with Gasteiger partial charge < -0.3 is 15.1 Å². The molecule has 3 heterocycles. The van der Waals surface area contributed by atoms with Gasteiger partial charge in [0.1, 0.15) is 5.82 Å². The molecule has 1 aromatic heterocycles. The first kappa shape index (κ1) is 18.1. The van der Waals surface area contributed by atoms with Crippen molar-refractivity contribution in [2.75, 3.05) is 41.3 Å². The van der Waals surface area contributed by atoms with Gasteiger partial charge in [0.05, 0.1) is 0 Å². The Morgan fingerprint density at radius 2 is 1.59 bits per heavy atom. The Morgan fingerprint density at radius 1 is 0.889 bits per heavy atom. The molecule has 0 unspecified atom stereocenters. The molecule has 0 saturated carbocycles. The van der Waals surface area contributed by atoms with E-state index in [1.807, 2.05) is 6.92 Å². The summed E-state index contributed by atoms with van der Waals surface area (Å²) in [6.45, 7) is 8.89. The van der Waals surface area contributed by atoms with E-state index in [1.54, 1.807) is 0 Å². The lowest BCUT2D eigenvalue weighted by Gasteiger charge is -2.31. The fraction of sp³-hybridized carbons (Fsp3) is 0.545. The zero-order valence-corrected chi connectivity index (χ0v) is 16.6. The van der Waals surface area contributed by atoms with Crippen molar-refractivity contribution in [2.24, 2.45) is 5.92 Å². The van der Waals surface area contributed by atoms with Crippen LogP contribution in [-0.2, 0) is 0 Å². The second kappa shape index (κ2) is 8.15. The summed E-state index contributed by atoms with van der Waals surface area (Å²) in [7, 11) is 0. The average molecular weight is 366 g/mol. The van der Waals surface area contributed by atoms with Crippen LogP contribution in [0.5, 0.6) is 0 Å². The molecule has 27 heavy (non-hydrogen) atoms. The Kier molecular flexibility index (Phi) is 5.46. The first-order valence-corrected chi connectivity index (χ1v) is 10.4. The fourth-order valence-corrected chi connectivity index (χ4v) is 4.04. The lowest BCUT2D eigenvalue weighted by molar-refractivity contribution is 0.436. The summed E-state index contributed by atoms with van der Waals surface area (Å²) in [5.74, 6) is 2.55. The molecule has 2 fully saturated rings. The number of nitrogens with zero attached hydrogens (tertiary/aromatic N) is 4. The Balaban J connectivity index is 1.45. The first-order valence-electron chi connectivity index (χ1n) is 10.4. The molecule has 2 aromatic rings. The third kappa shape index (κ3) is 4.52. The minimum atomic E-state index is 0.689. The molecule has 0 spiro atoms. The van der Waals surface area contributed by atoms with E-state index < -0.39 is 0 Å². The van der Waals surface area contributed by atoms with Crippen molar-refractivity contribution in [1.82, 2.24) is 9.97 Å². The number of hydrogen-bond acceptors (Lipinski definition) is 5. The number of piperidine rings is 2. The molecule has 4 rings (SSSR count). The Hall–Kier alpha value is -2.30. The second-order valence-electron chi connectivity index (χ2n) is 8.08. The van der Waals surface area contributed by atoms with Crippen molar-refractivity contribution in [3.05, 3.63) is 36.0 Å². The minimum Gasteiger partial charge on any atom is -0.372 e. The van der Waals surface area contributed by atoms with Crippen LogP contribution in [0.3, 0.4) is 0 Å². The van der Waals surface area contributed by atoms with Gasteiger partial charge in [-0.05, 0) is 69.2 Å². The second-order valence-corrected chi connectivity index (χ2v) is 8.08. The highest BCUT2D eigenvalue weighted by atomic mass is 15.2. The number of aryl methyl sites for hydroxylation is 1. The third-order valence-corrected chi connectivity index (χ3v) is 5.79. The lowest BCUT2D eigenvalue weighted by atomic mass is 9.99. The van der Waals surface area contributed by atoms with Gasteiger partial charge in [-0.15, -0.1) is 0 Å². The Morgan fingerprint density at radius 3 is 2.30 bits per heavy atom. The van der Waals surface area contributed by atoms with E-state index in [1.165, 1.54) is 50.9 Å². The van der Waals surface area contributed by atoms with Crippen LogP contribution in [0.2, 0.25) is 0 Å². The van der Waals surface area contributed by atoms with E-state index in [0.717, 1.165) is 36.2 Å². The van der Waals surface area contributed by atoms with Crippen molar-refractivity contribution in [1.29, 1.82) is 0 Å². The topological polar surface area (TPSA) is 44.3 Å². The molecule has 0 atom stereocenters. The van der Waals surface area contributed by atoms with Crippen LogP contribution in [0.25, 0.3) is 0 Å². The normalized spacial score (nSPS) is 18.6. The standard InChI is InChI=1S/C22H31N5/c1-17-10-14-27(15-11-17)21-16-18(2)23-22(25-21)24-19-6-8-20(9-7-19)26-12-4-3-5-13-26/h6-9,16-17H,3-5,10-15H2,1-2H3,(H,23,24,25). The maximum atomic E-state index is 4.78. The molecule has 0 radical (unpaired) electrons. The van der Waals surface area contributed by atoms with E-state index in [0.29, 0.717) is 5.95 Å². The highest BCUT2D eigenvalue weighted by molar-refractivity contribution is 5.60. The van der Waals surface area contributed by atoms with Gasteiger partial charge in [-0.25, -0.2) is 4.98 Å². The smallest absolute Gasteiger partial charge is 0.229 e. The zero-order valence-electron chi connectivity index (χ0n) is 16.6. The SMILES string of the molecule is Cc1cc(N2CCC(C)CC2)nc(Nc2ccc(N3CCCCC3)cc2)n1. The molecule has 0 bridgehead atoms. The van der Waals surface area contributed by atoms with Gasteiger partial charge in [0.15, 0.2) is 0 Å². The van der Waals surface area contributed by atoms with Gasteiger partial charge >= 0.3 is 0 Å². The van der Waals surface area contributed by atoms with Crippen molar-refractivity contribution in [3.63, 3.8) is 0 Å². The highest BCUT2D eigenvalue weighted by Gasteiger charge is 2.18. The minimum absolute atomic E-state index is 0.689. The molecule has 5 nitrogen and oxygen atoms in total.